The van der Waals surface area contributed by atoms with E-state index in [0.717, 1.165) is 38.3 Å². The summed E-state index contributed by atoms with van der Waals surface area (Å²) in [4.78, 5) is 0. The van der Waals surface area contributed by atoms with Crippen LogP contribution < -0.4 is 10.1 Å². The lowest BCUT2D eigenvalue weighted by Crippen LogP contribution is -2.18. The third-order valence-electron chi connectivity index (χ3n) is 2.89. The lowest BCUT2D eigenvalue weighted by molar-refractivity contribution is 0.194. The molecule has 0 bridgehead atoms. The Labute approximate surface area is 110 Å². The van der Waals surface area contributed by atoms with E-state index in [0.29, 0.717) is 0 Å². The zero-order chi connectivity index (χ0) is 13.2. The fourth-order valence-electron chi connectivity index (χ4n) is 1.63. The molecule has 1 N–H and O–H groups in total. The second kappa shape index (κ2) is 8.95. The summed E-state index contributed by atoms with van der Waals surface area (Å²) < 4.78 is 10.9. The Bertz CT molecular complexity index is 328. The topological polar surface area (TPSA) is 30.5 Å². The van der Waals surface area contributed by atoms with Crippen molar-refractivity contribution in [1.82, 2.24) is 5.32 Å². The van der Waals surface area contributed by atoms with Crippen LogP contribution in [-0.2, 0) is 11.3 Å². The minimum atomic E-state index is 0.264. The highest BCUT2D eigenvalue weighted by atomic mass is 16.5. The molecule has 0 radical (unpaired) electrons. The molecular formula is C15H25NO2. The van der Waals surface area contributed by atoms with Crippen molar-refractivity contribution in [3.05, 3.63) is 29.8 Å². The summed E-state index contributed by atoms with van der Waals surface area (Å²) in [6, 6.07) is 8.22. The Kier molecular flexibility index (Phi) is 7.46. The van der Waals surface area contributed by atoms with Crippen LogP contribution in [0, 0.1) is 0 Å². The van der Waals surface area contributed by atoms with Crippen LogP contribution in [0.25, 0.3) is 0 Å². The van der Waals surface area contributed by atoms with E-state index in [2.05, 4.69) is 31.3 Å². The van der Waals surface area contributed by atoms with Gasteiger partial charge in [-0.15, -0.1) is 0 Å². The Morgan fingerprint density at radius 3 is 2.78 bits per heavy atom. The number of para-hydroxylation sites is 1. The first kappa shape index (κ1) is 15.0. The standard InChI is InChI=1S/C15H25NO2/c1-4-13(2)18-15-9-6-5-8-14(15)12-16-10-7-11-17-3/h5-6,8-9,13,16H,4,7,10-12H2,1-3H3/t13-/m1/s1. The molecule has 1 atom stereocenters. The summed E-state index contributed by atoms with van der Waals surface area (Å²) in [5.41, 5.74) is 1.22. The highest BCUT2D eigenvalue weighted by Crippen LogP contribution is 2.19. The van der Waals surface area contributed by atoms with E-state index in [1.165, 1.54) is 5.56 Å². The first-order chi connectivity index (χ1) is 8.77. The molecule has 0 aliphatic heterocycles. The molecule has 0 heterocycles. The van der Waals surface area contributed by atoms with E-state index in [4.69, 9.17) is 9.47 Å². The molecule has 0 unspecified atom stereocenters. The van der Waals surface area contributed by atoms with Gasteiger partial charge in [0.05, 0.1) is 6.10 Å². The number of rotatable bonds is 9. The molecule has 0 aliphatic carbocycles. The van der Waals surface area contributed by atoms with Crippen LogP contribution in [0.5, 0.6) is 5.75 Å². The van der Waals surface area contributed by atoms with Gasteiger partial charge in [0.1, 0.15) is 5.75 Å². The van der Waals surface area contributed by atoms with Crippen molar-refractivity contribution >= 4 is 0 Å². The van der Waals surface area contributed by atoms with E-state index >= 15 is 0 Å². The predicted octanol–water partition coefficient (Wildman–Crippen LogP) is 2.99. The molecule has 1 aromatic rings. The van der Waals surface area contributed by atoms with Gasteiger partial charge in [0, 0.05) is 25.8 Å². The molecule has 1 rings (SSSR count). The number of hydrogen-bond donors (Lipinski definition) is 1. The zero-order valence-corrected chi connectivity index (χ0v) is 11.7. The maximum Gasteiger partial charge on any atom is 0.124 e. The molecule has 0 amide bonds. The van der Waals surface area contributed by atoms with Gasteiger partial charge in [-0.25, -0.2) is 0 Å². The minimum Gasteiger partial charge on any atom is -0.490 e. The Morgan fingerprint density at radius 1 is 1.28 bits per heavy atom. The van der Waals surface area contributed by atoms with Crippen molar-refractivity contribution < 1.29 is 9.47 Å². The van der Waals surface area contributed by atoms with Gasteiger partial charge in [-0.2, -0.15) is 0 Å². The van der Waals surface area contributed by atoms with E-state index in [1.54, 1.807) is 7.11 Å². The molecular weight excluding hydrogens is 226 g/mol. The first-order valence-electron chi connectivity index (χ1n) is 6.72. The SMILES string of the molecule is CC[C@@H](C)Oc1ccccc1CNCCCOC. The van der Waals surface area contributed by atoms with Crippen LogP contribution in [0.1, 0.15) is 32.3 Å². The van der Waals surface area contributed by atoms with Crippen molar-refractivity contribution in [3.63, 3.8) is 0 Å². The van der Waals surface area contributed by atoms with E-state index < -0.39 is 0 Å². The van der Waals surface area contributed by atoms with Crippen LogP contribution in [0.3, 0.4) is 0 Å². The van der Waals surface area contributed by atoms with Crippen LogP contribution in [0.2, 0.25) is 0 Å². The van der Waals surface area contributed by atoms with Gasteiger partial charge in [-0.05, 0) is 32.4 Å². The van der Waals surface area contributed by atoms with Gasteiger partial charge in [0.15, 0.2) is 0 Å². The lowest BCUT2D eigenvalue weighted by atomic mass is 10.2. The largest absolute Gasteiger partial charge is 0.490 e. The Balaban J connectivity index is 2.43. The van der Waals surface area contributed by atoms with Crippen molar-refractivity contribution in [2.75, 3.05) is 20.3 Å². The summed E-state index contributed by atoms with van der Waals surface area (Å²) in [6.45, 7) is 6.85. The highest BCUT2D eigenvalue weighted by molar-refractivity contribution is 5.33. The summed E-state index contributed by atoms with van der Waals surface area (Å²) in [5.74, 6) is 0.992. The van der Waals surface area contributed by atoms with Gasteiger partial charge in [0.25, 0.3) is 0 Å². The summed E-state index contributed by atoms with van der Waals surface area (Å²) >= 11 is 0. The Hall–Kier alpha value is -1.06. The number of methoxy groups -OCH3 is 1. The summed E-state index contributed by atoms with van der Waals surface area (Å²) in [6.07, 6.45) is 2.32. The molecule has 0 aliphatic rings. The quantitative estimate of drug-likeness (QED) is 0.684. The van der Waals surface area contributed by atoms with Gasteiger partial charge < -0.3 is 14.8 Å². The molecule has 0 saturated heterocycles. The Morgan fingerprint density at radius 2 is 2.06 bits per heavy atom. The van der Waals surface area contributed by atoms with Crippen LogP contribution in [0.15, 0.2) is 24.3 Å². The van der Waals surface area contributed by atoms with Crippen LogP contribution in [0.4, 0.5) is 0 Å². The molecule has 102 valence electrons. The van der Waals surface area contributed by atoms with Crippen molar-refractivity contribution in [2.45, 2.75) is 39.3 Å². The molecule has 3 nitrogen and oxygen atoms in total. The maximum absolute atomic E-state index is 5.91. The van der Waals surface area contributed by atoms with E-state index in [1.807, 2.05) is 12.1 Å². The van der Waals surface area contributed by atoms with Crippen LogP contribution >= 0.6 is 0 Å². The average Bonchev–Trinajstić information content (AvgIpc) is 2.40. The van der Waals surface area contributed by atoms with Gasteiger partial charge in [0.2, 0.25) is 0 Å². The molecule has 0 aromatic heterocycles. The number of ether oxygens (including phenoxy) is 2. The molecule has 0 fully saturated rings. The second-order valence-electron chi connectivity index (χ2n) is 4.47. The third kappa shape index (κ3) is 5.52. The minimum absolute atomic E-state index is 0.264. The number of nitrogens with one attached hydrogen (secondary N) is 1. The third-order valence-corrected chi connectivity index (χ3v) is 2.89. The summed E-state index contributed by atoms with van der Waals surface area (Å²) in [5, 5.41) is 3.41. The van der Waals surface area contributed by atoms with Gasteiger partial charge >= 0.3 is 0 Å². The number of benzene rings is 1. The number of hydrogen-bond acceptors (Lipinski definition) is 3. The van der Waals surface area contributed by atoms with E-state index in [9.17, 15) is 0 Å². The predicted molar refractivity (Wildman–Crippen MR) is 75.0 cm³/mol. The summed E-state index contributed by atoms with van der Waals surface area (Å²) in [7, 11) is 1.73. The molecule has 1 aromatic carbocycles. The molecule has 0 spiro atoms. The second-order valence-corrected chi connectivity index (χ2v) is 4.47. The lowest BCUT2D eigenvalue weighted by Gasteiger charge is -2.16. The molecule has 0 saturated carbocycles. The van der Waals surface area contributed by atoms with Crippen molar-refractivity contribution in [1.29, 1.82) is 0 Å². The monoisotopic (exact) mass is 251 g/mol. The fraction of sp³-hybridized carbons (Fsp3) is 0.600. The van der Waals surface area contributed by atoms with Crippen molar-refractivity contribution in [2.24, 2.45) is 0 Å². The fourth-order valence-corrected chi connectivity index (χ4v) is 1.63. The van der Waals surface area contributed by atoms with Crippen molar-refractivity contribution in [3.8, 4) is 5.75 Å². The average molecular weight is 251 g/mol. The molecule has 3 heteroatoms. The molecule has 18 heavy (non-hydrogen) atoms. The van der Waals surface area contributed by atoms with Gasteiger partial charge in [-0.1, -0.05) is 25.1 Å². The first-order valence-corrected chi connectivity index (χ1v) is 6.72. The van der Waals surface area contributed by atoms with E-state index in [-0.39, 0.29) is 6.10 Å². The normalized spacial score (nSPS) is 12.4. The smallest absolute Gasteiger partial charge is 0.124 e. The van der Waals surface area contributed by atoms with Crippen LogP contribution in [-0.4, -0.2) is 26.4 Å². The maximum atomic E-state index is 5.91. The zero-order valence-electron chi connectivity index (χ0n) is 11.7. The van der Waals surface area contributed by atoms with Gasteiger partial charge in [-0.3, -0.25) is 0 Å². The highest BCUT2D eigenvalue weighted by Gasteiger charge is 2.05.